The second-order valence-corrected chi connectivity index (χ2v) is 12.6. The number of aliphatic hydroxyl groups excluding tert-OH is 2. The maximum absolute atomic E-state index is 13.2. The first-order valence-electron chi connectivity index (χ1n) is 16.2. The zero-order valence-corrected chi connectivity index (χ0v) is 29.8. The van der Waals surface area contributed by atoms with E-state index >= 15 is 0 Å². The van der Waals surface area contributed by atoms with Gasteiger partial charge >= 0.3 is 11.9 Å². The van der Waals surface area contributed by atoms with Gasteiger partial charge in [0, 0.05) is 72.0 Å². The van der Waals surface area contributed by atoms with Crippen LogP contribution in [0.5, 0.6) is 5.88 Å². The minimum Gasteiger partial charge on any atom is -0.481 e. The number of carbonyl (C=O) groups excluding carboxylic acids is 1. The van der Waals surface area contributed by atoms with Gasteiger partial charge in [-0.05, 0) is 23.8 Å². The number of ether oxygens (including phenoxy) is 2. The first-order valence-corrected chi connectivity index (χ1v) is 16.9. The SMILES string of the molecule is COC(=O)CC(O)CNCc1cnc2cc(-c3cccc(-c4cccc(-c5ccc(CNCC(O)CC(=O)O)c(OC)n5)c4Cl)c3Cl)ccn2c1=O. The molecule has 3 aromatic heterocycles. The molecule has 52 heavy (non-hydrogen) atoms. The molecule has 0 bridgehead atoms. The van der Waals surface area contributed by atoms with Crippen molar-refractivity contribution in [2.75, 3.05) is 27.3 Å². The van der Waals surface area contributed by atoms with Crippen LogP contribution in [0.25, 0.3) is 39.2 Å². The molecule has 0 aliphatic carbocycles. The monoisotopic (exact) mass is 749 g/mol. The standard InChI is InChI=1S/C37H37Cl2N5O8/c1-51-33(49)15-25(46)20-41-17-23-18-42-31-13-21(11-12-44(31)37(23)50)26-5-3-6-27(34(26)38)28-7-4-8-29(35(28)39)30-10-9-22(36(43-30)52-2)16-40-19-24(45)14-32(47)48/h3-13,18,24-25,40-41,45-46H,14-17,19-20H2,1-2H3,(H,47,48). The summed E-state index contributed by atoms with van der Waals surface area (Å²) in [5.74, 6) is -1.26. The Bertz CT molecular complexity index is 2140. The van der Waals surface area contributed by atoms with Gasteiger partial charge in [0.05, 0.1) is 55.0 Å². The molecule has 0 amide bonds. The third-order valence-corrected chi connectivity index (χ3v) is 9.03. The van der Waals surface area contributed by atoms with E-state index in [9.17, 15) is 24.6 Å². The van der Waals surface area contributed by atoms with Gasteiger partial charge in [-0.15, -0.1) is 0 Å². The number of aromatic nitrogens is 3. The summed E-state index contributed by atoms with van der Waals surface area (Å²) in [7, 11) is 2.75. The van der Waals surface area contributed by atoms with Crippen LogP contribution in [0.2, 0.25) is 10.0 Å². The highest BCUT2D eigenvalue weighted by molar-refractivity contribution is 6.39. The second kappa shape index (κ2) is 17.6. The largest absolute Gasteiger partial charge is 0.481 e. The number of methoxy groups -OCH3 is 2. The van der Waals surface area contributed by atoms with Gasteiger partial charge in [-0.3, -0.25) is 18.8 Å². The summed E-state index contributed by atoms with van der Waals surface area (Å²) < 4.78 is 11.5. The Morgan fingerprint density at radius 2 is 1.46 bits per heavy atom. The highest BCUT2D eigenvalue weighted by atomic mass is 35.5. The van der Waals surface area contributed by atoms with E-state index in [0.29, 0.717) is 67.2 Å². The van der Waals surface area contributed by atoms with Crippen molar-refractivity contribution in [3.63, 3.8) is 0 Å². The van der Waals surface area contributed by atoms with Gasteiger partial charge in [0.15, 0.2) is 0 Å². The van der Waals surface area contributed by atoms with E-state index in [2.05, 4.69) is 25.3 Å². The van der Waals surface area contributed by atoms with Crippen LogP contribution in [0, 0.1) is 0 Å². The molecule has 0 saturated carbocycles. The van der Waals surface area contributed by atoms with Crippen molar-refractivity contribution in [3.05, 3.63) is 105 Å². The number of benzene rings is 2. The predicted molar refractivity (Wildman–Crippen MR) is 196 cm³/mol. The van der Waals surface area contributed by atoms with Crippen LogP contribution < -0.4 is 20.9 Å². The molecule has 0 saturated heterocycles. The number of carboxylic acids is 1. The van der Waals surface area contributed by atoms with Crippen LogP contribution in [-0.4, -0.2) is 81.1 Å². The topological polar surface area (TPSA) is 185 Å². The molecule has 5 rings (SSSR count). The summed E-state index contributed by atoms with van der Waals surface area (Å²) in [6.07, 6.45) is 0.605. The molecule has 2 aromatic carbocycles. The van der Waals surface area contributed by atoms with Crippen LogP contribution >= 0.6 is 23.2 Å². The van der Waals surface area contributed by atoms with Crippen LogP contribution in [-0.2, 0) is 27.4 Å². The van der Waals surface area contributed by atoms with Crippen LogP contribution in [0.4, 0.5) is 0 Å². The van der Waals surface area contributed by atoms with Gasteiger partial charge in [0.25, 0.3) is 5.56 Å². The summed E-state index contributed by atoms with van der Waals surface area (Å²) in [4.78, 5) is 44.5. The maximum atomic E-state index is 13.2. The van der Waals surface area contributed by atoms with Crippen LogP contribution in [0.1, 0.15) is 24.0 Å². The number of nitrogens with one attached hydrogen (secondary N) is 2. The van der Waals surface area contributed by atoms with E-state index < -0.39 is 24.1 Å². The number of halogens is 2. The molecule has 2 atom stereocenters. The van der Waals surface area contributed by atoms with Crippen LogP contribution in [0.3, 0.4) is 0 Å². The molecule has 5 N–H and O–H groups in total. The van der Waals surface area contributed by atoms with Gasteiger partial charge < -0.3 is 35.4 Å². The maximum Gasteiger partial charge on any atom is 0.308 e. The fourth-order valence-corrected chi connectivity index (χ4v) is 6.26. The number of aliphatic carboxylic acids is 1. The summed E-state index contributed by atoms with van der Waals surface area (Å²) in [6, 6.07) is 18.3. The lowest BCUT2D eigenvalue weighted by Crippen LogP contribution is -2.31. The Morgan fingerprint density at radius 1 is 0.846 bits per heavy atom. The fourth-order valence-electron chi connectivity index (χ4n) is 5.60. The first kappa shape index (κ1) is 38.3. The Hall–Kier alpha value is -4.89. The van der Waals surface area contributed by atoms with E-state index in [1.54, 1.807) is 24.4 Å². The average molecular weight is 751 g/mol. The predicted octanol–water partition coefficient (Wildman–Crippen LogP) is 4.34. The Labute approximate surface area is 308 Å². The molecule has 3 heterocycles. The van der Waals surface area contributed by atoms with E-state index in [4.69, 9.17) is 33.0 Å². The molecule has 5 aromatic rings. The number of aliphatic hydroxyl groups is 2. The summed E-state index contributed by atoms with van der Waals surface area (Å²) >= 11 is 14.1. The number of hydrogen-bond acceptors (Lipinski definition) is 11. The van der Waals surface area contributed by atoms with E-state index in [0.717, 1.165) is 5.56 Å². The second-order valence-electron chi connectivity index (χ2n) is 11.9. The Kier molecular flexibility index (Phi) is 12.9. The Morgan fingerprint density at radius 3 is 2.12 bits per heavy atom. The van der Waals surface area contributed by atoms with Crippen LogP contribution in [0.15, 0.2) is 77.9 Å². The van der Waals surface area contributed by atoms with E-state index in [1.165, 1.54) is 24.8 Å². The molecule has 0 aliphatic heterocycles. The number of carbonyl (C=O) groups is 2. The van der Waals surface area contributed by atoms with Crippen molar-refractivity contribution < 1.29 is 34.4 Å². The fraction of sp³-hybridized carbons (Fsp3) is 0.270. The molecule has 0 fully saturated rings. The van der Waals surface area contributed by atoms with E-state index in [1.807, 2.05) is 42.5 Å². The molecule has 0 spiro atoms. The number of carboxylic acid groups (broad SMARTS) is 1. The lowest BCUT2D eigenvalue weighted by Gasteiger charge is -2.15. The van der Waals surface area contributed by atoms with Crippen molar-refractivity contribution in [1.82, 2.24) is 25.0 Å². The summed E-state index contributed by atoms with van der Waals surface area (Å²) in [5.41, 5.74) is 5.22. The molecule has 15 heteroatoms. The lowest BCUT2D eigenvalue weighted by atomic mass is 9.97. The normalized spacial score (nSPS) is 12.4. The highest BCUT2D eigenvalue weighted by Gasteiger charge is 2.18. The Balaban J connectivity index is 1.36. The summed E-state index contributed by atoms with van der Waals surface area (Å²) in [5, 5.41) is 35.5. The number of rotatable bonds is 16. The molecule has 13 nitrogen and oxygen atoms in total. The molecule has 272 valence electrons. The quantitative estimate of drug-likeness (QED) is 0.0901. The average Bonchev–Trinajstić information content (AvgIpc) is 3.12. The van der Waals surface area contributed by atoms with Gasteiger partial charge in [0.1, 0.15) is 5.65 Å². The van der Waals surface area contributed by atoms with E-state index in [-0.39, 0.29) is 38.0 Å². The number of esters is 1. The smallest absolute Gasteiger partial charge is 0.308 e. The van der Waals surface area contributed by atoms with Crippen molar-refractivity contribution in [2.24, 2.45) is 0 Å². The minimum absolute atomic E-state index is 0.0894. The third kappa shape index (κ3) is 9.12. The number of nitrogens with zero attached hydrogens (tertiary/aromatic N) is 3. The van der Waals surface area contributed by atoms with Crippen molar-refractivity contribution >= 4 is 40.8 Å². The zero-order valence-electron chi connectivity index (χ0n) is 28.3. The third-order valence-electron chi connectivity index (χ3n) is 8.22. The lowest BCUT2D eigenvalue weighted by molar-refractivity contribution is -0.143. The molecular formula is C37H37Cl2N5O8. The van der Waals surface area contributed by atoms with Crippen molar-refractivity contribution in [2.45, 2.75) is 38.1 Å². The van der Waals surface area contributed by atoms with Gasteiger partial charge in [0.2, 0.25) is 5.88 Å². The number of hydrogen-bond donors (Lipinski definition) is 5. The molecular weight excluding hydrogens is 713 g/mol. The van der Waals surface area contributed by atoms with Gasteiger partial charge in [-0.1, -0.05) is 65.7 Å². The first-order chi connectivity index (χ1) is 25.0. The molecule has 0 aliphatic rings. The highest BCUT2D eigenvalue weighted by Crippen LogP contribution is 2.42. The van der Waals surface area contributed by atoms with Crippen molar-refractivity contribution in [3.8, 4) is 39.4 Å². The minimum atomic E-state index is -1.08. The van der Waals surface area contributed by atoms with Crippen molar-refractivity contribution in [1.29, 1.82) is 0 Å². The number of fused-ring (bicyclic) bond motifs is 1. The summed E-state index contributed by atoms with van der Waals surface area (Å²) in [6.45, 7) is 0.628. The van der Waals surface area contributed by atoms with Gasteiger partial charge in [-0.2, -0.15) is 0 Å². The van der Waals surface area contributed by atoms with Gasteiger partial charge in [-0.25, -0.2) is 9.97 Å². The molecule has 0 radical (unpaired) electrons. The molecule has 2 unspecified atom stereocenters. The number of pyridine rings is 2. The zero-order chi connectivity index (χ0) is 37.4.